The maximum atomic E-state index is 12.6. The summed E-state index contributed by atoms with van der Waals surface area (Å²) in [5, 5.41) is 11.8. The minimum atomic E-state index is -0.586. The highest BCUT2D eigenvalue weighted by Gasteiger charge is 2.33. The van der Waals surface area contributed by atoms with Gasteiger partial charge in [-0.25, -0.2) is 0 Å². The largest absolute Gasteiger partial charge is 0.502 e. The van der Waals surface area contributed by atoms with Crippen LogP contribution in [-0.2, 0) is 0 Å². The lowest BCUT2D eigenvalue weighted by Crippen LogP contribution is -2.56. The average molecular weight is 356 g/mol. The van der Waals surface area contributed by atoms with Crippen LogP contribution in [0.25, 0.3) is 0 Å². The summed E-state index contributed by atoms with van der Waals surface area (Å²) in [4.78, 5) is 26.5. The number of rotatable bonds is 5. The first-order chi connectivity index (χ1) is 10.7. The topological polar surface area (TPSA) is 65.8 Å². The normalized spacial score (nSPS) is 14.2. The van der Waals surface area contributed by atoms with Gasteiger partial charge in [0.15, 0.2) is 11.4 Å². The lowest BCUT2D eigenvalue weighted by molar-refractivity contribution is 0.0633. The third-order valence-corrected chi connectivity index (χ3v) is 4.25. The van der Waals surface area contributed by atoms with Crippen LogP contribution in [0, 0.1) is 0 Å². The average Bonchev–Trinajstić information content (AvgIpc) is 2.43. The standard InChI is InChI=1S/C15H18ClN3O3S/c1-9(2)18-8-17(7-10(3)23-11(4)16)19-6-5-12(20)14(21)13(19)15(18)22/h5-6,9,21H,3-4,7-8H2,1-2H3. The van der Waals surface area contributed by atoms with E-state index in [9.17, 15) is 14.7 Å². The van der Waals surface area contributed by atoms with Gasteiger partial charge in [-0.2, -0.15) is 0 Å². The van der Waals surface area contributed by atoms with Gasteiger partial charge < -0.3 is 10.0 Å². The van der Waals surface area contributed by atoms with Gasteiger partial charge in [-0.15, -0.1) is 0 Å². The van der Waals surface area contributed by atoms with E-state index >= 15 is 0 Å². The second kappa shape index (κ2) is 6.72. The van der Waals surface area contributed by atoms with E-state index in [1.54, 1.807) is 9.91 Å². The first kappa shape index (κ1) is 17.5. The fourth-order valence-electron chi connectivity index (χ4n) is 2.31. The molecule has 0 aromatic carbocycles. The first-order valence-corrected chi connectivity index (χ1v) is 8.12. The smallest absolute Gasteiger partial charge is 0.278 e. The van der Waals surface area contributed by atoms with E-state index in [1.165, 1.54) is 28.7 Å². The van der Waals surface area contributed by atoms with Crippen molar-refractivity contribution < 1.29 is 9.90 Å². The van der Waals surface area contributed by atoms with Gasteiger partial charge in [0.25, 0.3) is 5.91 Å². The van der Waals surface area contributed by atoms with E-state index in [-0.39, 0.29) is 17.6 Å². The summed E-state index contributed by atoms with van der Waals surface area (Å²) in [6.45, 7) is 12.0. The van der Waals surface area contributed by atoms with Gasteiger partial charge in [0, 0.05) is 23.2 Å². The van der Waals surface area contributed by atoms with Crippen molar-refractivity contribution in [2.24, 2.45) is 0 Å². The van der Waals surface area contributed by atoms with Crippen LogP contribution in [0.1, 0.15) is 24.3 Å². The summed E-state index contributed by atoms with van der Waals surface area (Å²) in [6.07, 6.45) is 1.47. The Balaban J connectivity index is 2.45. The van der Waals surface area contributed by atoms with E-state index < -0.39 is 11.2 Å². The number of halogens is 1. The number of thioether (sulfide) groups is 1. The molecule has 6 nitrogen and oxygen atoms in total. The number of hydrogen-bond acceptors (Lipinski definition) is 5. The third kappa shape index (κ3) is 3.56. The molecule has 0 aliphatic carbocycles. The van der Waals surface area contributed by atoms with Crippen molar-refractivity contribution >= 4 is 29.3 Å². The second-order valence-corrected chi connectivity index (χ2v) is 7.35. The molecule has 23 heavy (non-hydrogen) atoms. The van der Waals surface area contributed by atoms with Crippen LogP contribution in [0.5, 0.6) is 5.75 Å². The predicted octanol–water partition coefficient (Wildman–Crippen LogP) is 2.27. The van der Waals surface area contributed by atoms with Crippen LogP contribution in [0.15, 0.2) is 39.5 Å². The van der Waals surface area contributed by atoms with Gasteiger partial charge in [-0.05, 0) is 13.8 Å². The van der Waals surface area contributed by atoms with E-state index in [0.29, 0.717) is 17.6 Å². The van der Waals surface area contributed by atoms with Crippen molar-refractivity contribution in [1.82, 2.24) is 9.58 Å². The van der Waals surface area contributed by atoms with E-state index in [1.807, 2.05) is 13.8 Å². The molecule has 0 fully saturated rings. The molecule has 1 amide bonds. The Bertz CT molecular complexity index is 729. The minimum absolute atomic E-state index is 0.0417. The molecule has 0 spiro atoms. The molecule has 124 valence electrons. The molecule has 2 heterocycles. The number of carbonyl (C=O) groups excluding carboxylic acids is 1. The predicted molar refractivity (Wildman–Crippen MR) is 93.3 cm³/mol. The Morgan fingerprint density at radius 3 is 2.65 bits per heavy atom. The van der Waals surface area contributed by atoms with Crippen LogP contribution < -0.4 is 10.4 Å². The molecular formula is C15H18ClN3O3S. The van der Waals surface area contributed by atoms with Crippen molar-refractivity contribution in [3.63, 3.8) is 0 Å². The number of pyridine rings is 1. The zero-order valence-electron chi connectivity index (χ0n) is 13.0. The fourth-order valence-corrected chi connectivity index (χ4v) is 3.17. The first-order valence-electron chi connectivity index (χ1n) is 6.93. The van der Waals surface area contributed by atoms with Gasteiger partial charge >= 0.3 is 0 Å². The highest BCUT2D eigenvalue weighted by atomic mass is 35.5. The van der Waals surface area contributed by atoms with Crippen molar-refractivity contribution in [1.29, 1.82) is 0 Å². The van der Waals surface area contributed by atoms with E-state index in [4.69, 9.17) is 11.6 Å². The quantitative estimate of drug-likeness (QED) is 0.877. The molecular weight excluding hydrogens is 338 g/mol. The Morgan fingerprint density at radius 1 is 1.43 bits per heavy atom. The molecule has 0 radical (unpaired) electrons. The molecule has 0 saturated heterocycles. The summed E-state index contributed by atoms with van der Waals surface area (Å²) < 4.78 is 1.88. The molecule has 1 aliphatic heterocycles. The SMILES string of the molecule is C=C(Cl)SC(=C)CN1CN(C(C)C)C(=O)c2c(O)c(=O)ccn21. The maximum absolute atomic E-state index is 12.6. The lowest BCUT2D eigenvalue weighted by Gasteiger charge is -2.41. The molecule has 1 aliphatic rings. The number of hydrogen-bond donors (Lipinski definition) is 1. The van der Waals surface area contributed by atoms with E-state index in [0.717, 1.165) is 4.91 Å². The summed E-state index contributed by atoms with van der Waals surface area (Å²) >= 11 is 7.01. The maximum Gasteiger partial charge on any atom is 0.278 e. The molecule has 8 heteroatoms. The third-order valence-electron chi connectivity index (χ3n) is 3.37. The summed E-state index contributed by atoms with van der Waals surface area (Å²) in [5.74, 6) is -0.931. The highest BCUT2D eigenvalue weighted by molar-refractivity contribution is 8.08. The van der Waals surface area contributed by atoms with Crippen molar-refractivity contribution in [3.8, 4) is 5.75 Å². The monoisotopic (exact) mass is 355 g/mol. The molecule has 2 rings (SSSR count). The molecule has 1 aromatic heterocycles. The summed E-state index contributed by atoms with van der Waals surface area (Å²) in [6, 6.07) is 1.14. The number of carbonyl (C=O) groups is 1. The Kier molecular flexibility index (Phi) is 5.11. The molecule has 0 unspecified atom stereocenters. The zero-order valence-corrected chi connectivity index (χ0v) is 14.5. The number of aromatic nitrogens is 1. The molecule has 0 saturated carbocycles. The highest BCUT2D eigenvalue weighted by Crippen LogP contribution is 2.27. The van der Waals surface area contributed by atoms with Crippen LogP contribution in [0.2, 0.25) is 0 Å². The zero-order chi connectivity index (χ0) is 17.3. The molecule has 0 bridgehead atoms. The summed E-state index contributed by atoms with van der Waals surface area (Å²) in [5.41, 5.74) is -0.627. The Morgan fingerprint density at radius 2 is 2.09 bits per heavy atom. The van der Waals surface area contributed by atoms with Crippen molar-refractivity contribution in [2.75, 3.05) is 18.2 Å². The fraction of sp³-hybridized carbons (Fsp3) is 0.333. The number of fused-ring (bicyclic) bond motifs is 1. The number of nitrogens with zero attached hydrogens (tertiary/aromatic N) is 3. The molecule has 0 atom stereocenters. The minimum Gasteiger partial charge on any atom is -0.502 e. The lowest BCUT2D eigenvalue weighted by atomic mass is 10.2. The van der Waals surface area contributed by atoms with E-state index in [2.05, 4.69) is 13.2 Å². The number of aromatic hydroxyl groups is 1. The van der Waals surface area contributed by atoms with Gasteiger partial charge in [0.2, 0.25) is 5.43 Å². The van der Waals surface area contributed by atoms with Gasteiger partial charge in [-0.1, -0.05) is 36.5 Å². The van der Waals surface area contributed by atoms with Gasteiger partial charge in [-0.3, -0.25) is 19.3 Å². The van der Waals surface area contributed by atoms with Crippen LogP contribution >= 0.6 is 23.4 Å². The van der Waals surface area contributed by atoms with Crippen LogP contribution in [-0.4, -0.2) is 39.8 Å². The van der Waals surface area contributed by atoms with Crippen molar-refractivity contribution in [2.45, 2.75) is 19.9 Å². The number of amides is 1. The second-order valence-electron chi connectivity index (χ2n) is 5.39. The van der Waals surface area contributed by atoms with Gasteiger partial charge in [0.05, 0.1) is 10.9 Å². The summed E-state index contributed by atoms with van der Waals surface area (Å²) in [7, 11) is 0. The Hall–Kier alpha value is -1.86. The van der Waals surface area contributed by atoms with Crippen LogP contribution in [0.3, 0.4) is 0 Å². The van der Waals surface area contributed by atoms with Crippen molar-refractivity contribution in [3.05, 3.63) is 50.6 Å². The van der Waals surface area contributed by atoms with Crippen LogP contribution in [0.4, 0.5) is 0 Å². The van der Waals surface area contributed by atoms with Gasteiger partial charge in [0.1, 0.15) is 6.67 Å². The molecule has 1 aromatic rings. The Labute approximate surface area is 143 Å². The molecule has 1 N–H and O–H groups in total.